The predicted molar refractivity (Wildman–Crippen MR) is 149 cm³/mol. The lowest BCUT2D eigenvalue weighted by atomic mass is 9.93. The van der Waals surface area contributed by atoms with E-state index in [9.17, 15) is 9.18 Å². The van der Waals surface area contributed by atoms with E-state index in [1.807, 2.05) is 0 Å². The van der Waals surface area contributed by atoms with Crippen LogP contribution in [-0.4, -0.2) is 25.4 Å². The van der Waals surface area contributed by atoms with Crippen LogP contribution in [0, 0.1) is 23.3 Å². The van der Waals surface area contributed by atoms with Gasteiger partial charge in [-0.3, -0.25) is 9.20 Å². The van der Waals surface area contributed by atoms with Crippen molar-refractivity contribution in [2.24, 2.45) is 0 Å². The lowest BCUT2D eigenvalue weighted by Gasteiger charge is -2.14. The van der Waals surface area contributed by atoms with Crippen LogP contribution in [0.1, 0.15) is 36.1 Å². The standard InChI is InChI=1S/C32H23F4N3O3/c1-17(20-6-4-5-18(28(20)35)8-11-27(40)41)30-26-7-2-3-14-39(26)32(38-30)22-15-19(9-10-23(22)33)42-31-24(34)16-25-21(29(31)36)12-13-37-25/h2-7,9-10,12-17,37H,8,11H2,1H3,(H,40,41). The number of aromatic nitrogens is 3. The molecule has 0 spiro atoms. The molecular weight excluding hydrogens is 550 g/mol. The Morgan fingerprint density at radius 1 is 1.00 bits per heavy atom. The number of aryl methyl sites for hydroxylation is 1. The molecule has 3 aromatic heterocycles. The molecule has 6 nitrogen and oxygen atoms in total. The van der Waals surface area contributed by atoms with Gasteiger partial charge in [-0.05, 0) is 53.9 Å². The number of fused-ring (bicyclic) bond motifs is 2. The molecule has 0 saturated carbocycles. The average molecular weight is 574 g/mol. The Morgan fingerprint density at radius 3 is 2.64 bits per heavy atom. The molecule has 0 radical (unpaired) electrons. The maximum atomic E-state index is 15.5. The first-order valence-corrected chi connectivity index (χ1v) is 13.1. The number of carbonyl (C=O) groups is 1. The fourth-order valence-electron chi connectivity index (χ4n) is 5.15. The number of pyridine rings is 1. The minimum atomic E-state index is -1.03. The zero-order valence-corrected chi connectivity index (χ0v) is 22.2. The molecule has 0 aliphatic carbocycles. The number of aromatic amines is 1. The van der Waals surface area contributed by atoms with Gasteiger partial charge in [-0.15, -0.1) is 0 Å². The second-order valence-electron chi connectivity index (χ2n) is 9.90. The molecule has 212 valence electrons. The van der Waals surface area contributed by atoms with Crippen molar-refractivity contribution in [2.75, 3.05) is 0 Å². The number of carboxylic acids is 1. The van der Waals surface area contributed by atoms with Crippen molar-refractivity contribution in [3.05, 3.63) is 119 Å². The first kappa shape index (κ1) is 27.1. The number of nitrogens with zero attached hydrogens (tertiary/aromatic N) is 2. The Kier molecular flexibility index (Phi) is 6.89. The van der Waals surface area contributed by atoms with Crippen LogP contribution in [0.3, 0.4) is 0 Å². The Labute approximate surface area is 236 Å². The van der Waals surface area contributed by atoms with E-state index in [2.05, 4.69) is 4.98 Å². The number of carboxylic acid groups (broad SMARTS) is 1. The monoisotopic (exact) mass is 573 g/mol. The number of nitrogens with one attached hydrogen (secondary N) is 1. The van der Waals surface area contributed by atoms with E-state index in [1.54, 1.807) is 53.9 Å². The number of imidazole rings is 1. The number of rotatable bonds is 8. The molecule has 1 unspecified atom stereocenters. The zero-order valence-electron chi connectivity index (χ0n) is 22.2. The van der Waals surface area contributed by atoms with Crippen molar-refractivity contribution in [3.8, 4) is 22.9 Å². The van der Waals surface area contributed by atoms with Gasteiger partial charge in [0.1, 0.15) is 23.2 Å². The zero-order chi connectivity index (χ0) is 29.5. The van der Waals surface area contributed by atoms with E-state index in [1.165, 1.54) is 24.4 Å². The topological polar surface area (TPSA) is 79.6 Å². The summed E-state index contributed by atoms with van der Waals surface area (Å²) in [7, 11) is 0. The third-order valence-electron chi connectivity index (χ3n) is 7.27. The predicted octanol–water partition coefficient (Wildman–Crippen LogP) is 8.00. The smallest absolute Gasteiger partial charge is 0.303 e. The van der Waals surface area contributed by atoms with Crippen molar-refractivity contribution in [1.82, 2.24) is 14.4 Å². The van der Waals surface area contributed by atoms with Crippen molar-refractivity contribution < 1.29 is 32.2 Å². The van der Waals surface area contributed by atoms with E-state index < -0.39 is 40.9 Å². The van der Waals surface area contributed by atoms with E-state index in [-0.39, 0.29) is 46.4 Å². The van der Waals surface area contributed by atoms with E-state index in [4.69, 9.17) is 14.8 Å². The van der Waals surface area contributed by atoms with Crippen LogP contribution in [0.15, 0.2) is 79.1 Å². The molecule has 3 aromatic carbocycles. The fraction of sp³-hybridized carbons (Fsp3) is 0.125. The minimum Gasteiger partial charge on any atom is -0.481 e. The summed E-state index contributed by atoms with van der Waals surface area (Å²) in [6, 6.07) is 16.3. The SMILES string of the molecule is CC(c1cccc(CCC(=O)O)c1F)c1nc(-c2cc(Oc3c(F)cc4[nH]ccc4c3F)ccc2F)n2ccccc12. The summed E-state index contributed by atoms with van der Waals surface area (Å²) in [5, 5.41) is 9.17. The first-order valence-electron chi connectivity index (χ1n) is 13.1. The Balaban J connectivity index is 1.41. The number of ether oxygens (including phenoxy) is 1. The molecule has 2 N–H and O–H groups in total. The highest BCUT2D eigenvalue weighted by molar-refractivity contribution is 5.82. The van der Waals surface area contributed by atoms with E-state index in [0.717, 1.165) is 12.1 Å². The number of hydrogen-bond acceptors (Lipinski definition) is 3. The third kappa shape index (κ3) is 4.74. The van der Waals surface area contributed by atoms with Crippen LogP contribution in [-0.2, 0) is 11.2 Å². The highest BCUT2D eigenvalue weighted by Gasteiger charge is 2.24. The summed E-state index contributed by atoms with van der Waals surface area (Å²) in [6.45, 7) is 1.76. The van der Waals surface area contributed by atoms with Gasteiger partial charge in [-0.2, -0.15) is 0 Å². The van der Waals surface area contributed by atoms with E-state index in [0.29, 0.717) is 16.8 Å². The maximum Gasteiger partial charge on any atom is 0.303 e. The largest absolute Gasteiger partial charge is 0.481 e. The number of H-pyrrole nitrogens is 1. The summed E-state index contributed by atoms with van der Waals surface area (Å²) in [6.07, 6.45) is 2.98. The second-order valence-corrected chi connectivity index (χ2v) is 9.90. The lowest BCUT2D eigenvalue weighted by Crippen LogP contribution is -2.05. The van der Waals surface area contributed by atoms with Gasteiger partial charge in [0.15, 0.2) is 17.4 Å². The first-order chi connectivity index (χ1) is 20.2. The Morgan fingerprint density at radius 2 is 1.83 bits per heavy atom. The molecule has 0 amide bonds. The van der Waals surface area contributed by atoms with Gasteiger partial charge in [0.05, 0.1) is 22.3 Å². The van der Waals surface area contributed by atoms with Crippen LogP contribution >= 0.6 is 0 Å². The summed E-state index contributed by atoms with van der Waals surface area (Å²) in [5.74, 6) is -5.06. The Bertz CT molecular complexity index is 1980. The molecule has 0 aliphatic heterocycles. The highest BCUT2D eigenvalue weighted by atomic mass is 19.1. The van der Waals surface area contributed by atoms with Crippen molar-refractivity contribution in [1.29, 1.82) is 0 Å². The molecule has 10 heteroatoms. The van der Waals surface area contributed by atoms with Gasteiger partial charge >= 0.3 is 5.97 Å². The third-order valence-corrected chi connectivity index (χ3v) is 7.27. The summed E-state index contributed by atoms with van der Waals surface area (Å²) >= 11 is 0. The van der Waals surface area contributed by atoms with Gasteiger partial charge in [0.2, 0.25) is 0 Å². The van der Waals surface area contributed by atoms with Crippen LogP contribution < -0.4 is 4.74 Å². The van der Waals surface area contributed by atoms with Gasteiger partial charge in [0.25, 0.3) is 0 Å². The molecule has 6 aromatic rings. The summed E-state index contributed by atoms with van der Waals surface area (Å²) < 4.78 is 67.7. The van der Waals surface area contributed by atoms with Crippen molar-refractivity contribution >= 4 is 22.4 Å². The number of benzene rings is 3. The average Bonchev–Trinajstić information content (AvgIpc) is 3.60. The molecule has 3 heterocycles. The summed E-state index contributed by atoms with van der Waals surface area (Å²) in [5.41, 5.74) is 1.92. The van der Waals surface area contributed by atoms with Gasteiger partial charge in [-0.1, -0.05) is 31.2 Å². The van der Waals surface area contributed by atoms with Gasteiger partial charge in [0, 0.05) is 36.2 Å². The Hall–Kier alpha value is -5.12. The van der Waals surface area contributed by atoms with Crippen LogP contribution in [0.4, 0.5) is 17.6 Å². The highest BCUT2D eigenvalue weighted by Crippen LogP contribution is 2.37. The molecular formula is C32H23F4N3O3. The minimum absolute atomic E-state index is 0.00590. The number of hydrogen-bond donors (Lipinski definition) is 2. The molecule has 0 aliphatic rings. The van der Waals surface area contributed by atoms with Gasteiger partial charge < -0.3 is 14.8 Å². The summed E-state index contributed by atoms with van der Waals surface area (Å²) in [4.78, 5) is 18.5. The quantitative estimate of drug-likeness (QED) is 0.181. The molecule has 6 rings (SSSR count). The number of aliphatic carboxylic acids is 1. The van der Waals surface area contributed by atoms with E-state index >= 15 is 13.2 Å². The van der Waals surface area contributed by atoms with Crippen molar-refractivity contribution in [2.45, 2.75) is 25.7 Å². The molecule has 0 saturated heterocycles. The lowest BCUT2D eigenvalue weighted by molar-refractivity contribution is -0.136. The molecule has 42 heavy (non-hydrogen) atoms. The maximum absolute atomic E-state index is 15.5. The second kappa shape index (κ2) is 10.7. The normalized spacial score (nSPS) is 12.2. The van der Waals surface area contributed by atoms with Crippen molar-refractivity contribution in [3.63, 3.8) is 0 Å². The van der Waals surface area contributed by atoms with Crippen LogP contribution in [0.25, 0.3) is 27.8 Å². The molecule has 1 atom stereocenters. The van der Waals surface area contributed by atoms with Crippen LogP contribution in [0.5, 0.6) is 11.5 Å². The molecule has 0 fully saturated rings. The van der Waals surface area contributed by atoms with Gasteiger partial charge in [-0.25, -0.2) is 22.5 Å². The fourth-order valence-corrected chi connectivity index (χ4v) is 5.15. The molecule has 0 bridgehead atoms. The number of halogens is 4. The van der Waals surface area contributed by atoms with Crippen LogP contribution in [0.2, 0.25) is 0 Å².